The molecule has 3 rings (SSSR count). The third-order valence-electron chi connectivity index (χ3n) is 2.90. The van der Waals surface area contributed by atoms with E-state index in [0.29, 0.717) is 6.54 Å². The summed E-state index contributed by atoms with van der Waals surface area (Å²) in [6, 6.07) is 9.61. The van der Waals surface area contributed by atoms with E-state index >= 15 is 0 Å². The maximum atomic E-state index is 5.73. The highest BCUT2D eigenvalue weighted by Crippen LogP contribution is 2.36. The van der Waals surface area contributed by atoms with Crippen molar-refractivity contribution in [2.24, 2.45) is 0 Å². The molecule has 1 aromatic heterocycles. The number of pyridine rings is 1. The Hall–Kier alpha value is -2.43. The van der Waals surface area contributed by atoms with Crippen molar-refractivity contribution in [2.75, 3.05) is 24.2 Å². The lowest BCUT2D eigenvalue weighted by molar-refractivity contribution is 0.0620. The first-order valence-corrected chi connectivity index (χ1v) is 6.14. The summed E-state index contributed by atoms with van der Waals surface area (Å²) >= 11 is 0. The Morgan fingerprint density at radius 1 is 1.05 bits per heavy atom. The number of ether oxygens (including phenoxy) is 2. The van der Waals surface area contributed by atoms with Crippen molar-refractivity contribution in [1.82, 2.24) is 4.98 Å². The van der Waals surface area contributed by atoms with Gasteiger partial charge in [-0.2, -0.15) is 0 Å². The third-order valence-corrected chi connectivity index (χ3v) is 2.90. The Morgan fingerprint density at radius 3 is 2.63 bits per heavy atom. The third kappa shape index (κ3) is 2.54. The molecular weight excluding hydrogens is 242 g/mol. The zero-order valence-corrected chi connectivity index (χ0v) is 10.6. The summed E-state index contributed by atoms with van der Waals surface area (Å²) < 4.78 is 11.4. The predicted molar refractivity (Wildman–Crippen MR) is 73.8 cm³/mol. The normalized spacial score (nSPS) is 16.2. The molecule has 1 atom stereocenters. The fraction of sp³-hybridized carbons (Fsp3) is 0.214. The molecule has 1 aromatic carbocycles. The summed E-state index contributed by atoms with van der Waals surface area (Å²) in [6.07, 6.45) is 3.18. The molecule has 19 heavy (non-hydrogen) atoms. The van der Waals surface area contributed by atoms with Gasteiger partial charge in [-0.25, -0.2) is 0 Å². The van der Waals surface area contributed by atoms with Crippen LogP contribution in [0.15, 0.2) is 42.7 Å². The highest BCUT2D eigenvalue weighted by Gasteiger charge is 2.23. The van der Waals surface area contributed by atoms with Gasteiger partial charge in [-0.15, -0.1) is 0 Å². The van der Waals surface area contributed by atoms with Crippen LogP contribution in [0.5, 0.6) is 11.5 Å². The van der Waals surface area contributed by atoms with Gasteiger partial charge in [0, 0.05) is 36.9 Å². The van der Waals surface area contributed by atoms with E-state index in [2.05, 4.69) is 15.6 Å². The smallest absolute Gasteiger partial charge is 0.258 e. The number of hydrogen-bond donors (Lipinski definition) is 2. The molecule has 2 heterocycles. The van der Waals surface area contributed by atoms with Crippen molar-refractivity contribution >= 4 is 11.4 Å². The highest BCUT2D eigenvalue weighted by atomic mass is 16.7. The van der Waals surface area contributed by atoms with Crippen molar-refractivity contribution in [3.8, 4) is 11.5 Å². The molecule has 0 saturated heterocycles. The summed E-state index contributed by atoms with van der Waals surface area (Å²) in [5, 5.41) is 6.32. The zero-order valence-electron chi connectivity index (χ0n) is 10.6. The Kier molecular flexibility index (Phi) is 3.10. The Bertz CT molecular complexity index is 560. The van der Waals surface area contributed by atoms with E-state index in [9.17, 15) is 0 Å². The highest BCUT2D eigenvalue weighted by molar-refractivity contribution is 5.55. The Labute approximate surface area is 111 Å². The number of aromatic nitrogens is 1. The predicted octanol–water partition coefficient (Wildman–Crippen LogP) is 2.33. The number of nitrogens with zero attached hydrogens (tertiary/aromatic N) is 1. The summed E-state index contributed by atoms with van der Waals surface area (Å²) in [7, 11) is 1.88. The minimum atomic E-state index is -0.310. The van der Waals surface area contributed by atoms with Gasteiger partial charge in [0.2, 0.25) is 0 Å². The fourth-order valence-electron chi connectivity index (χ4n) is 1.91. The van der Waals surface area contributed by atoms with E-state index in [0.717, 1.165) is 22.9 Å². The molecule has 0 saturated carbocycles. The van der Waals surface area contributed by atoms with Crippen molar-refractivity contribution in [3.63, 3.8) is 0 Å². The first kappa shape index (κ1) is 11.6. The van der Waals surface area contributed by atoms with Crippen LogP contribution in [0.25, 0.3) is 0 Å². The van der Waals surface area contributed by atoms with Crippen LogP contribution in [0.1, 0.15) is 0 Å². The largest absolute Gasteiger partial charge is 0.449 e. The van der Waals surface area contributed by atoms with Gasteiger partial charge < -0.3 is 20.1 Å². The maximum absolute atomic E-state index is 5.73. The minimum absolute atomic E-state index is 0.310. The molecule has 98 valence electrons. The zero-order chi connectivity index (χ0) is 13.1. The van der Waals surface area contributed by atoms with Gasteiger partial charge in [-0.05, 0) is 24.3 Å². The van der Waals surface area contributed by atoms with E-state index in [1.807, 2.05) is 37.4 Å². The molecule has 1 unspecified atom stereocenters. The number of benzene rings is 1. The lowest BCUT2D eigenvalue weighted by atomic mass is 10.3. The standard InChI is InChI=1S/C14H15N3O2/c1-15-11-2-3-12-13(8-11)19-14(18-12)9-17-10-4-6-16-7-5-10/h2-8,14-15H,9H2,1H3,(H,16,17). The molecule has 0 radical (unpaired) electrons. The van der Waals surface area contributed by atoms with Crippen LogP contribution in [-0.2, 0) is 0 Å². The number of rotatable bonds is 4. The van der Waals surface area contributed by atoms with E-state index < -0.39 is 0 Å². The van der Waals surface area contributed by atoms with Crippen LogP contribution < -0.4 is 20.1 Å². The molecule has 0 amide bonds. The van der Waals surface area contributed by atoms with Crippen LogP contribution in [-0.4, -0.2) is 24.9 Å². The molecule has 0 bridgehead atoms. The first-order valence-electron chi connectivity index (χ1n) is 6.14. The minimum Gasteiger partial charge on any atom is -0.449 e. The molecule has 0 spiro atoms. The van der Waals surface area contributed by atoms with Crippen molar-refractivity contribution < 1.29 is 9.47 Å². The van der Waals surface area contributed by atoms with Gasteiger partial charge in [0.05, 0.1) is 6.54 Å². The average molecular weight is 257 g/mol. The molecule has 0 fully saturated rings. The topological polar surface area (TPSA) is 55.4 Å². The van der Waals surface area contributed by atoms with Gasteiger partial charge in [0.1, 0.15) is 0 Å². The summed E-state index contributed by atoms with van der Waals surface area (Å²) in [5.41, 5.74) is 2.00. The van der Waals surface area contributed by atoms with Crippen molar-refractivity contribution in [1.29, 1.82) is 0 Å². The lowest BCUT2D eigenvalue weighted by Crippen LogP contribution is -2.27. The molecule has 1 aliphatic heterocycles. The average Bonchev–Trinajstić information content (AvgIpc) is 2.88. The first-order chi connectivity index (χ1) is 9.35. The quantitative estimate of drug-likeness (QED) is 0.880. The monoisotopic (exact) mass is 257 g/mol. The lowest BCUT2D eigenvalue weighted by Gasteiger charge is -2.12. The van der Waals surface area contributed by atoms with Gasteiger partial charge in [0.15, 0.2) is 11.5 Å². The van der Waals surface area contributed by atoms with Gasteiger partial charge in [0.25, 0.3) is 6.29 Å². The van der Waals surface area contributed by atoms with Crippen LogP contribution >= 0.6 is 0 Å². The number of anilines is 2. The van der Waals surface area contributed by atoms with Crippen molar-refractivity contribution in [3.05, 3.63) is 42.7 Å². The van der Waals surface area contributed by atoms with Crippen LogP contribution in [0.3, 0.4) is 0 Å². The fourth-order valence-corrected chi connectivity index (χ4v) is 1.91. The number of fused-ring (bicyclic) bond motifs is 1. The van der Waals surface area contributed by atoms with Gasteiger partial charge in [-0.1, -0.05) is 0 Å². The van der Waals surface area contributed by atoms with E-state index in [-0.39, 0.29) is 6.29 Å². The van der Waals surface area contributed by atoms with E-state index in [1.165, 1.54) is 0 Å². The number of hydrogen-bond acceptors (Lipinski definition) is 5. The number of nitrogens with one attached hydrogen (secondary N) is 2. The SMILES string of the molecule is CNc1ccc2c(c1)OC(CNc1ccncc1)O2. The molecule has 2 N–H and O–H groups in total. The van der Waals surface area contributed by atoms with Crippen LogP contribution in [0.4, 0.5) is 11.4 Å². The second-order valence-corrected chi connectivity index (χ2v) is 4.19. The molecule has 5 heteroatoms. The Morgan fingerprint density at radius 2 is 1.84 bits per heavy atom. The second-order valence-electron chi connectivity index (χ2n) is 4.19. The summed E-state index contributed by atoms with van der Waals surface area (Å²) in [4.78, 5) is 3.97. The molecule has 0 aliphatic carbocycles. The summed E-state index contributed by atoms with van der Waals surface area (Å²) in [5.74, 6) is 1.55. The van der Waals surface area contributed by atoms with Crippen molar-refractivity contribution in [2.45, 2.75) is 6.29 Å². The summed E-state index contributed by atoms with van der Waals surface area (Å²) in [6.45, 7) is 0.577. The van der Waals surface area contributed by atoms with Crippen LogP contribution in [0, 0.1) is 0 Å². The molecular formula is C14H15N3O2. The van der Waals surface area contributed by atoms with E-state index in [1.54, 1.807) is 12.4 Å². The van der Waals surface area contributed by atoms with E-state index in [4.69, 9.17) is 9.47 Å². The molecule has 5 nitrogen and oxygen atoms in total. The second kappa shape index (κ2) is 5.06. The Balaban J connectivity index is 1.61. The van der Waals surface area contributed by atoms with Crippen LogP contribution in [0.2, 0.25) is 0 Å². The maximum Gasteiger partial charge on any atom is 0.258 e. The van der Waals surface area contributed by atoms with Gasteiger partial charge >= 0.3 is 0 Å². The molecule has 2 aromatic rings. The van der Waals surface area contributed by atoms with Gasteiger partial charge in [-0.3, -0.25) is 4.98 Å². The molecule has 1 aliphatic rings.